The van der Waals surface area contributed by atoms with Crippen LogP contribution in [0.2, 0.25) is 5.02 Å². The fourth-order valence-corrected chi connectivity index (χ4v) is 4.06. The van der Waals surface area contributed by atoms with Crippen LogP contribution in [0.15, 0.2) is 67.0 Å². The SMILES string of the molecule is O=C(NCC(c1cccnc1)N1CCc2ccccc2C1)c1c(F)cccc1Cl. The molecule has 6 heteroatoms. The molecule has 1 aliphatic rings. The zero-order valence-corrected chi connectivity index (χ0v) is 16.6. The molecule has 1 unspecified atom stereocenters. The Kier molecular flexibility index (Phi) is 5.88. The summed E-state index contributed by atoms with van der Waals surface area (Å²) in [6.45, 7) is 1.98. The molecular formula is C23H21ClFN3O. The Labute approximate surface area is 174 Å². The summed E-state index contributed by atoms with van der Waals surface area (Å²) in [7, 11) is 0. The predicted octanol–water partition coefficient (Wildman–Crippen LogP) is 4.40. The van der Waals surface area contributed by atoms with Crippen LogP contribution < -0.4 is 5.32 Å². The molecule has 2 heterocycles. The van der Waals surface area contributed by atoms with Gasteiger partial charge in [0.1, 0.15) is 5.82 Å². The Morgan fingerprint density at radius 1 is 1.14 bits per heavy atom. The molecule has 4 rings (SSSR count). The van der Waals surface area contributed by atoms with Crippen molar-refractivity contribution in [2.24, 2.45) is 0 Å². The van der Waals surface area contributed by atoms with E-state index in [9.17, 15) is 9.18 Å². The van der Waals surface area contributed by atoms with E-state index < -0.39 is 11.7 Å². The van der Waals surface area contributed by atoms with Gasteiger partial charge in [-0.2, -0.15) is 0 Å². The lowest BCUT2D eigenvalue weighted by Crippen LogP contribution is -2.41. The van der Waals surface area contributed by atoms with Crippen molar-refractivity contribution in [3.05, 3.63) is 100 Å². The summed E-state index contributed by atoms with van der Waals surface area (Å²) in [5.74, 6) is -1.14. The van der Waals surface area contributed by atoms with Crippen molar-refractivity contribution in [3.63, 3.8) is 0 Å². The Bertz CT molecular complexity index is 992. The highest BCUT2D eigenvalue weighted by molar-refractivity contribution is 6.33. The molecular weight excluding hydrogens is 389 g/mol. The highest BCUT2D eigenvalue weighted by atomic mass is 35.5. The largest absolute Gasteiger partial charge is 0.350 e. The lowest BCUT2D eigenvalue weighted by atomic mass is 9.97. The zero-order valence-electron chi connectivity index (χ0n) is 15.8. The van der Waals surface area contributed by atoms with Gasteiger partial charge in [0.05, 0.1) is 16.6 Å². The Morgan fingerprint density at radius 3 is 2.72 bits per heavy atom. The van der Waals surface area contributed by atoms with Crippen LogP contribution in [-0.2, 0) is 13.0 Å². The van der Waals surface area contributed by atoms with Crippen LogP contribution in [0.3, 0.4) is 0 Å². The number of hydrogen-bond donors (Lipinski definition) is 1. The maximum atomic E-state index is 14.1. The minimum absolute atomic E-state index is 0.0773. The van der Waals surface area contributed by atoms with Crippen molar-refractivity contribution in [1.82, 2.24) is 15.2 Å². The van der Waals surface area contributed by atoms with Crippen molar-refractivity contribution in [2.45, 2.75) is 19.0 Å². The predicted molar refractivity (Wildman–Crippen MR) is 111 cm³/mol. The average molecular weight is 410 g/mol. The standard InChI is InChI=1S/C23H21ClFN3O/c24-19-8-3-9-20(25)22(19)23(29)27-14-21(17-7-4-11-26-13-17)28-12-10-16-5-1-2-6-18(16)15-28/h1-9,11,13,21H,10,12,14-15H2,(H,27,29). The van der Waals surface area contributed by atoms with Crippen LogP contribution in [0, 0.1) is 5.82 Å². The normalized spacial score (nSPS) is 14.8. The lowest BCUT2D eigenvalue weighted by Gasteiger charge is -2.36. The summed E-state index contributed by atoms with van der Waals surface area (Å²) >= 11 is 6.04. The molecule has 1 amide bonds. The van der Waals surface area contributed by atoms with E-state index in [1.54, 1.807) is 6.20 Å². The molecule has 0 fully saturated rings. The maximum absolute atomic E-state index is 14.1. The van der Waals surface area contributed by atoms with Crippen LogP contribution in [0.4, 0.5) is 4.39 Å². The number of halogens is 2. The molecule has 29 heavy (non-hydrogen) atoms. The summed E-state index contributed by atoms with van der Waals surface area (Å²) in [6.07, 6.45) is 4.48. The van der Waals surface area contributed by atoms with Crippen molar-refractivity contribution in [2.75, 3.05) is 13.1 Å². The Balaban J connectivity index is 1.55. The molecule has 0 spiro atoms. The summed E-state index contributed by atoms with van der Waals surface area (Å²) in [5.41, 5.74) is 3.53. The van der Waals surface area contributed by atoms with Gasteiger partial charge >= 0.3 is 0 Å². The second-order valence-electron chi connectivity index (χ2n) is 7.10. The quantitative estimate of drug-likeness (QED) is 0.679. The number of benzene rings is 2. The van der Waals surface area contributed by atoms with Crippen LogP contribution in [0.1, 0.15) is 33.1 Å². The minimum atomic E-state index is -0.625. The third-order valence-electron chi connectivity index (χ3n) is 5.32. The fraction of sp³-hybridized carbons (Fsp3) is 0.217. The number of pyridine rings is 1. The van der Waals surface area contributed by atoms with Gasteiger partial charge in [-0.3, -0.25) is 14.7 Å². The van der Waals surface area contributed by atoms with Gasteiger partial charge in [0.25, 0.3) is 5.91 Å². The monoisotopic (exact) mass is 409 g/mol. The van der Waals surface area contributed by atoms with Crippen molar-refractivity contribution >= 4 is 17.5 Å². The minimum Gasteiger partial charge on any atom is -0.350 e. The van der Waals surface area contributed by atoms with E-state index in [-0.39, 0.29) is 16.6 Å². The molecule has 148 valence electrons. The number of rotatable bonds is 5. The molecule has 0 bridgehead atoms. The molecule has 1 aromatic heterocycles. The first-order chi connectivity index (χ1) is 14.1. The Morgan fingerprint density at radius 2 is 1.97 bits per heavy atom. The number of nitrogens with zero attached hydrogens (tertiary/aromatic N) is 2. The molecule has 0 saturated heterocycles. The first kappa shape index (κ1) is 19.6. The number of fused-ring (bicyclic) bond motifs is 1. The second-order valence-corrected chi connectivity index (χ2v) is 7.51. The van der Waals surface area contributed by atoms with Crippen LogP contribution in [-0.4, -0.2) is 28.9 Å². The van der Waals surface area contributed by atoms with Gasteiger partial charge in [0, 0.05) is 32.0 Å². The van der Waals surface area contributed by atoms with Gasteiger partial charge in [0.15, 0.2) is 0 Å². The average Bonchev–Trinajstić information content (AvgIpc) is 2.74. The number of nitrogens with one attached hydrogen (secondary N) is 1. The molecule has 0 aliphatic carbocycles. The molecule has 0 saturated carbocycles. The summed E-state index contributed by atoms with van der Waals surface area (Å²) in [4.78, 5) is 19.2. The van der Waals surface area contributed by atoms with Crippen LogP contribution in [0.25, 0.3) is 0 Å². The molecule has 3 aromatic rings. The number of amides is 1. The third kappa shape index (κ3) is 4.31. The van der Waals surface area contributed by atoms with Crippen LogP contribution in [0.5, 0.6) is 0 Å². The van der Waals surface area contributed by atoms with E-state index >= 15 is 0 Å². The van der Waals surface area contributed by atoms with Gasteiger partial charge in [-0.15, -0.1) is 0 Å². The van der Waals surface area contributed by atoms with Crippen LogP contribution >= 0.6 is 11.6 Å². The highest BCUT2D eigenvalue weighted by Gasteiger charge is 2.26. The first-order valence-corrected chi connectivity index (χ1v) is 9.94. The lowest BCUT2D eigenvalue weighted by molar-refractivity contribution is 0.0924. The van der Waals surface area contributed by atoms with E-state index in [0.717, 1.165) is 25.1 Å². The van der Waals surface area contributed by atoms with Gasteiger partial charge in [0.2, 0.25) is 0 Å². The molecule has 1 N–H and O–H groups in total. The smallest absolute Gasteiger partial charge is 0.255 e. The topological polar surface area (TPSA) is 45.2 Å². The van der Waals surface area contributed by atoms with E-state index in [1.165, 1.54) is 29.3 Å². The molecule has 0 radical (unpaired) electrons. The number of aromatic nitrogens is 1. The van der Waals surface area contributed by atoms with E-state index in [0.29, 0.717) is 6.54 Å². The molecule has 2 aromatic carbocycles. The van der Waals surface area contributed by atoms with Crippen molar-refractivity contribution in [3.8, 4) is 0 Å². The Hall–Kier alpha value is -2.76. The van der Waals surface area contributed by atoms with E-state index in [4.69, 9.17) is 11.6 Å². The molecule has 1 atom stereocenters. The number of carbonyl (C=O) groups is 1. The fourth-order valence-electron chi connectivity index (χ4n) is 3.81. The van der Waals surface area contributed by atoms with E-state index in [2.05, 4.69) is 33.4 Å². The van der Waals surface area contributed by atoms with Gasteiger partial charge in [-0.1, -0.05) is 48.0 Å². The van der Waals surface area contributed by atoms with Crippen molar-refractivity contribution in [1.29, 1.82) is 0 Å². The summed E-state index contributed by atoms with van der Waals surface area (Å²) in [5, 5.41) is 2.97. The first-order valence-electron chi connectivity index (χ1n) is 9.56. The summed E-state index contributed by atoms with van der Waals surface area (Å²) in [6, 6.07) is 16.4. The van der Waals surface area contributed by atoms with Gasteiger partial charge < -0.3 is 5.32 Å². The maximum Gasteiger partial charge on any atom is 0.255 e. The zero-order chi connectivity index (χ0) is 20.2. The number of carbonyl (C=O) groups excluding carboxylic acids is 1. The molecule has 4 nitrogen and oxygen atoms in total. The highest BCUT2D eigenvalue weighted by Crippen LogP contribution is 2.27. The van der Waals surface area contributed by atoms with Gasteiger partial charge in [-0.05, 0) is 41.3 Å². The number of hydrogen-bond acceptors (Lipinski definition) is 3. The van der Waals surface area contributed by atoms with E-state index in [1.807, 2.05) is 24.4 Å². The second kappa shape index (κ2) is 8.72. The van der Waals surface area contributed by atoms with Gasteiger partial charge in [-0.25, -0.2) is 4.39 Å². The van der Waals surface area contributed by atoms with Crippen molar-refractivity contribution < 1.29 is 9.18 Å². The summed E-state index contributed by atoms with van der Waals surface area (Å²) < 4.78 is 14.1. The third-order valence-corrected chi connectivity index (χ3v) is 5.63. The molecule has 1 aliphatic heterocycles.